The zero-order valence-corrected chi connectivity index (χ0v) is 11.9. The lowest BCUT2D eigenvalue weighted by Gasteiger charge is -2.11. The van der Waals surface area contributed by atoms with E-state index in [2.05, 4.69) is 9.72 Å². The van der Waals surface area contributed by atoms with Crippen LogP contribution in [0.3, 0.4) is 0 Å². The zero-order valence-electron chi connectivity index (χ0n) is 11.9. The van der Waals surface area contributed by atoms with Crippen LogP contribution in [0.2, 0.25) is 0 Å². The number of fused-ring (bicyclic) bond motifs is 1. The summed E-state index contributed by atoms with van der Waals surface area (Å²) in [5.74, 6) is -0.351. The van der Waals surface area contributed by atoms with Crippen molar-refractivity contribution < 1.29 is 22.7 Å². The lowest BCUT2D eigenvalue weighted by molar-refractivity contribution is -0.274. The summed E-state index contributed by atoms with van der Waals surface area (Å²) in [5, 5.41) is 9.20. The summed E-state index contributed by atoms with van der Waals surface area (Å²) in [5.41, 5.74) is 1.77. The highest BCUT2D eigenvalue weighted by atomic mass is 19.4. The predicted octanol–water partition coefficient (Wildman–Crippen LogP) is 3.58. The van der Waals surface area contributed by atoms with Gasteiger partial charge in [-0.3, -0.25) is 9.20 Å². The molecule has 0 atom stereocenters. The first-order valence-electron chi connectivity index (χ1n) is 6.64. The van der Waals surface area contributed by atoms with Crippen molar-refractivity contribution in [3.63, 3.8) is 0 Å². The maximum Gasteiger partial charge on any atom is 0.573 e. The summed E-state index contributed by atoms with van der Waals surface area (Å²) in [6.07, 6.45) is -1.21. The maximum absolute atomic E-state index is 12.2. The summed E-state index contributed by atoms with van der Waals surface area (Å²) in [6.45, 7) is 0. The summed E-state index contributed by atoms with van der Waals surface area (Å²) >= 11 is 0. The number of carbonyl (C=O) groups excluding carboxylic acids is 1. The van der Waals surface area contributed by atoms with Crippen LogP contribution in [0.1, 0.15) is 16.1 Å². The Bertz CT molecular complexity index is 954. The highest BCUT2D eigenvalue weighted by Crippen LogP contribution is 2.30. The summed E-state index contributed by atoms with van der Waals surface area (Å²) in [4.78, 5) is 15.3. The van der Waals surface area contributed by atoms with E-state index < -0.39 is 6.36 Å². The summed E-state index contributed by atoms with van der Waals surface area (Å²) < 4.78 is 41.9. The molecule has 0 saturated carbocycles. The van der Waals surface area contributed by atoms with Crippen molar-refractivity contribution in [2.75, 3.05) is 0 Å². The van der Waals surface area contributed by atoms with Crippen LogP contribution in [0.25, 0.3) is 16.8 Å². The molecule has 0 aliphatic heterocycles. The number of ether oxygens (including phenoxy) is 1. The van der Waals surface area contributed by atoms with Crippen LogP contribution >= 0.6 is 0 Å². The van der Waals surface area contributed by atoms with E-state index in [0.717, 1.165) is 0 Å². The van der Waals surface area contributed by atoms with Gasteiger partial charge in [0.2, 0.25) is 0 Å². The van der Waals surface area contributed by atoms with Crippen LogP contribution in [-0.4, -0.2) is 22.0 Å². The summed E-state index contributed by atoms with van der Waals surface area (Å²) in [7, 11) is 0. The number of pyridine rings is 1. The van der Waals surface area contributed by atoms with Gasteiger partial charge in [0.05, 0.1) is 5.56 Å². The molecule has 120 valence electrons. The van der Waals surface area contributed by atoms with E-state index in [9.17, 15) is 23.2 Å². The third-order valence-corrected chi connectivity index (χ3v) is 3.34. The third kappa shape index (κ3) is 2.79. The lowest BCUT2D eigenvalue weighted by Crippen LogP contribution is -2.16. The van der Waals surface area contributed by atoms with Crippen LogP contribution in [-0.2, 0) is 0 Å². The molecule has 3 aromatic rings. The number of hydrogen-bond donors (Lipinski definition) is 0. The average molecular weight is 331 g/mol. The number of nitrogens with zero attached hydrogens (tertiary/aromatic N) is 3. The fourth-order valence-corrected chi connectivity index (χ4v) is 2.37. The molecule has 0 spiro atoms. The van der Waals surface area contributed by atoms with Crippen LogP contribution < -0.4 is 4.74 Å². The monoisotopic (exact) mass is 331 g/mol. The number of halogens is 3. The van der Waals surface area contributed by atoms with Crippen molar-refractivity contribution in [3.05, 3.63) is 54.0 Å². The van der Waals surface area contributed by atoms with Crippen molar-refractivity contribution in [1.29, 1.82) is 5.26 Å². The zero-order chi connectivity index (χ0) is 17.3. The molecule has 0 amide bonds. The van der Waals surface area contributed by atoms with E-state index >= 15 is 0 Å². The first-order valence-corrected chi connectivity index (χ1v) is 6.64. The fourth-order valence-electron chi connectivity index (χ4n) is 2.37. The molecule has 0 fully saturated rings. The smallest absolute Gasteiger partial charge is 0.406 e. The molecule has 8 heteroatoms. The van der Waals surface area contributed by atoms with E-state index in [4.69, 9.17) is 0 Å². The van der Waals surface area contributed by atoms with Crippen molar-refractivity contribution in [2.24, 2.45) is 0 Å². The van der Waals surface area contributed by atoms with Gasteiger partial charge < -0.3 is 4.74 Å². The molecule has 0 aliphatic rings. The topological polar surface area (TPSA) is 67.4 Å². The van der Waals surface area contributed by atoms with Crippen molar-refractivity contribution in [3.8, 4) is 22.9 Å². The van der Waals surface area contributed by atoms with Gasteiger partial charge in [0.1, 0.15) is 23.2 Å². The molecule has 0 saturated heterocycles. The number of alkyl halides is 3. The Balaban J connectivity index is 2.12. The third-order valence-electron chi connectivity index (χ3n) is 3.34. The Kier molecular flexibility index (Phi) is 3.69. The van der Waals surface area contributed by atoms with Gasteiger partial charge in [0.25, 0.3) is 0 Å². The van der Waals surface area contributed by atoms with Crippen LogP contribution in [0, 0.1) is 11.3 Å². The fraction of sp³-hybridized carbons (Fsp3) is 0.0625. The largest absolute Gasteiger partial charge is 0.573 e. The second-order valence-corrected chi connectivity index (χ2v) is 4.78. The number of rotatable bonds is 3. The van der Waals surface area contributed by atoms with Gasteiger partial charge in [-0.25, -0.2) is 4.98 Å². The number of aromatic nitrogens is 2. The molecule has 0 unspecified atom stereocenters. The Morgan fingerprint density at radius 2 is 1.96 bits per heavy atom. The maximum atomic E-state index is 12.2. The molecule has 0 radical (unpaired) electrons. The first-order chi connectivity index (χ1) is 11.4. The van der Waals surface area contributed by atoms with E-state index in [1.807, 2.05) is 6.07 Å². The molecule has 5 nitrogen and oxygen atoms in total. The van der Waals surface area contributed by atoms with E-state index in [1.54, 1.807) is 0 Å². The van der Waals surface area contributed by atoms with Gasteiger partial charge >= 0.3 is 6.36 Å². The molecule has 1 aromatic carbocycles. The average Bonchev–Trinajstić information content (AvgIpc) is 3.02. The van der Waals surface area contributed by atoms with Crippen molar-refractivity contribution >= 4 is 11.9 Å². The highest BCUT2D eigenvalue weighted by Gasteiger charge is 2.31. The number of imidazole rings is 1. The van der Waals surface area contributed by atoms with Gasteiger partial charge in [-0.05, 0) is 23.8 Å². The molecule has 3 rings (SSSR count). The van der Waals surface area contributed by atoms with E-state index in [0.29, 0.717) is 23.1 Å². The normalized spacial score (nSPS) is 11.2. The summed E-state index contributed by atoms with van der Waals surface area (Å²) in [6, 6.07) is 8.59. The number of hydrogen-bond acceptors (Lipinski definition) is 4. The Labute approximate surface area is 133 Å². The molecule has 24 heavy (non-hydrogen) atoms. The van der Waals surface area contributed by atoms with Crippen molar-refractivity contribution in [1.82, 2.24) is 9.38 Å². The minimum atomic E-state index is -4.77. The van der Waals surface area contributed by atoms with Crippen LogP contribution in [0.4, 0.5) is 13.2 Å². The number of carbonyl (C=O) groups is 1. The quantitative estimate of drug-likeness (QED) is 0.688. The second kappa shape index (κ2) is 5.70. The molecular weight excluding hydrogens is 323 g/mol. The van der Waals surface area contributed by atoms with Gasteiger partial charge in [-0.2, -0.15) is 5.26 Å². The Morgan fingerprint density at radius 3 is 2.54 bits per heavy atom. The molecule has 0 bridgehead atoms. The minimum Gasteiger partial charge on any atom is -0.406 e. The molecular formula is C16H8F3N3O2. The van der Waals surface area contributed by atoms with E-state index in [1.165, 1.54) is 47.1 Å². The second-order valence-electron chi connectivity index (χ2n) is 4.78. The highest BCUT2D eigenvalue weighted by molar-refractivity contribution is 5.86. The van der Waals surface area contributed by atoms with Crippen molar-refractivity contribution in [2.45, 2.75) is 6.36 Å². The Morgan fingerprint density at radius 1 is 1.25 bits per heavy atom. The van der Waals surface area contributed by atoms with Gasteiger partial charge in [-0.1, -0.05) is 12.1 Å². The van der Waals surface area contributed by atoms with Gasteiger partial charge in [0.15, 0.2) is 6.29 Å². The lowest BCUT2D eigenvalue weighted by atomic mass is 10.0. The predicted molar refractivity (Wildman–Crippen MR) is 77.4 cm³/mol. The number of aldehydes is 1. The number of benzene rings is 1. The molecule has 2 heterocycles. The number of nitriles is 1. The van der Waals surface area contributed by atoms with E-state index in [-0.39, 0.29) is 17.0 Å². The SMILES string of the molecule is N#Cc1cc(-c2ccc(OC(F)(F)F)cc2)c2nccn2c1C=O. The first kappa shape index (κ1) is 15.6. The molecule has 2 aromatic heterocycles. The van der Waals surface area contributed by atoms with Crippen LogP contribution in [0.15, 0.2) is 42.7 Å². The molecule has 0 N–H and O–H groups in total. The van der Waals surface area contributed by atoms with Gasteiger partial charge in [0, 0.05) is 18.0 Å². The van der Waals surface area contributed by atoms with Crippen LogP contribution in [0.5, 0.6) is 5.75 Å². The minimum absolute atomic E-state index is 0.140. The Hall–Kier alpha value is -3.34. The molecule has 0 aliphatic carbocycles. The standard InChI is InChI=1S/C16H8F3N3O2/c17-16(18,19)24-12-3-1-10(2-4-12)13-7-11(8-20)14(9-23)22-6-5-21-15(13)22/h1-7,9H. The van der Waals surface area contributed by atoms with Gasteiger partial charge in [-0.15, -0.1) is 13.2 Å².